The van der Waals surface area contributed by atoms with Crippen molar-refractivity contribution in [2.75, 3.05) is 20.3 Å². The second kappa shape index (κ2) is 8.99. The first-order chi connectivity index (χ1) is 14.6. The summed E-state index contributed by atoms with van der Waals surface area (Å²) in [6.07, 6.45) is 0.209. The highest BCUT2D eigenvalue weighted by Gasteiger charge is 2.31. The number of amides is 1. The van der Waals surface area contributed by atoms with Gasteiger partial charge in [-0.2, -0.15) is 0 Å². The van der Waals surface area contributed by atoms with Gasteiger partial charge in [0.15, 0.2) is 6.61 Å². The molecule has 0 bridgehead atoms. The summed E-state index contributed by atoms with van der Waals surface area (Å²) in [6, 6.07) is 8.21. The van der Waals surface area contributed by atoms with Crippen molar-refractivity contribution in [2.24, 2.45) is 0 Å². The maximum absolute atomic E-state index is 12.6. The highest BCUT2D eigenvalue weighted by atomic mass is 16.6. The van der Waals surface area contributed by atoms with Gasteiger partial charge in [-0.3, -0.25) is 0 Å². The van der Waals surface area contributed by atoms with Gasteiger partial charge in [0.05, 0.1) is 30.6 Å². The summed E-state index contributed by atoms with van der Waals surface area (Å²) in [7, 11) is 1.31. The number of methoxy groups -OCH3 is 1. The van der Waals surface area contributed by atoms with E-state index in [1.54, 1.807) is 4.90 Å². The van der Waals surface area contributed by atoms with Crippen LogP contribution in [0, 0.1) is 0 Å². The van der Waals surface area contributed by atoms with E-state index in [0.29, 0.717) is 31.3 Å². The zero-order valence-electron chi connectivity index (χ0n) is 19.1. The summed E-state index contributed by atoms with van der Waals surface area (Å²) in [5.74, 6) is 0.257. The lowest BCUT2D eigenvalue weighted by Gasteiger charge is -2.30. The zero-order chi connectivity index (χ0) is 22.8. The van der Waals surface area contributed by atoms with Gasteiger partial charge >= 0.3 is 12.1 Å². The molecule has 0 saturated carbocycles. The Morgan fingerprint density at radius 1 is 1.16 bits per heavy atom. The summed E-state index contributed by atoms with van der Waals surface area (Å²) in [5.41, 5.74) is 3.29. The molecule has 168 valence electrons. The summed E-state index contributed by atoms with van der Waals surface area (Å²) >= 11 is 0. The first kappa shape index (κ1) is 22.7. The molecule has 0 radical (unpaired) electrons. The summed E-state index contributed by atoms with van der Waals surface area (Å²) in [5, 5.41) is 4.62. The van der Waals surface area contributed by atoms with Crippen molar-refractivity contribution in [1.29, 1.82) is 0 Å². The van der Waals surface area contributed by atoms with E-state index in [4.69, 9.17) is 9.47 Å². The van der Waals surface area contributed by atoms with Gasteiger partial charge < -0.3 is 19.1 Å². The lowest BCUT2D eigenvalue weighted by molar-refractivity contribution is -0.143. The molecule has 8 heteroatoms. The predicted octanol–water partition coefficient (Wildman–Crippen LogP) is 3.84. The molecule has 0 atom stereocenters. The van der Waals surface area contributed by atoms with Gasteiger partial charge in [-0.05, 0) is 44.4 Å². The third-order valence-electron chi connectivity index (χ3n) is 5.03. The largest absolute Gasteiger partial charge is 0.466 e. The Kier molecular flexibility index (Phi) is 6.57. The fourth-order valence-electron chi connectivity index (χ4n) is 3.39. The van der Waals surface area contributed by atoms with Crippen LogP contribution in [-0.4, -0.2) is 52.6 Å². The Balaban J connectivity index is 1.92. The topological polar surface area (TPSA) is 82.9 Å². The Labute approximate surface area is 183 Å². The van der Waals surface area contributed by atoms with E-state index in [0.717, 1.165) is 16.9 Å². The second-order valence-corrected chi connectivity index (χ2v) is 8.91. The van der Waals surface area contributed by atoms with Crippen molar-refractivity contribution in [1.82, 2.24) is 14.7 Å². The van der Waals surface area contributed by atoms with Gasteiger partial charge in [-0.15, -0.1) is 5.10 Å². The molecular weight excluding hydrogens is 398 g/mol. The minimum absolute atomic E-state index is 0.251. The van der Waals surface area contributed by atoms with Crippen LogP contribution >= 0.6 is 0 Å². The Hall–Kier alpha value is -3.03. The van der Waals surface area contributed by atoms with Crippen LogP contribution in [0.5, 0.6) is 5.88 Å². The van der Waals surface area contributed by atoms with Crippen LogP contribution in [0.15, 0.2) is 24.3 Å². The predicted molar refractivity (Wildman–Crippen MR) is 116 cm³/mol. The van der Waals surface area contributed by atoms with Crippen LogP contribution < -0.4 is 4.74 Å². The van der Waals surface area contributed by atoms with Gasteiger partial charge in [0, 0.05) is 13.0 Å². The number of carbonyl (C=O) groups is 2. The number of hydrogen-bond acceptors (Lipinski definition) is 6. The molecule has 1 aliphatic rings. The minimum Gasteiger partial charge on any atom is -0.466 e. The fraction of sp³-hybridized carbons (Fsp3) is 0.522. The minimum atomic E-state index is -0.579. The van der Waals surface area contributed by atoms with Crippen molar-refractivity contribution in [2.45, 2.75) is 59.1 Å². The van der Waals surface area contributed by atoms with Crippen molar-refractivity contribution < 1.29 is 23.8 Å². The standard InChI is InChI=1S/C23H31N3O5/c1-15(2)16-7-9-17(10-8-16)26-19-11-12-25(22(28)31-23(3,4)5)13-18(19)21(24-26)30-14-20(27)29-6/h7-10,15H,11-14H2,1-6H3. The van der Waals surface area contributed by atoms with E-state index in [1.165, 1.54) is 12.7 Å². The zero-order valence-corrected chi connectivity index (χ0v) is 19.1. The van der Waals surface area contributed by atoms with E-state index in [1.807, 2.05) is 37.6 Å². The number of fused-ring (bicyclic) bond motifs is 1. The number of ether oxygens (including phenoxy) is 3. The van der Waals surface area contributed by atoms with Crippen molar-refractivity contribution in [3.8, 4) is 11.6 Å². The molecule has 8 nitrogen and oxygen atoms in total. The van der Waals surface area contributed by atoms with Gasteiger partial charge in [-0.1, -0.05) is 26.0 Å². The van der Waals surface area contributed by atoms with Crippen LogP contribution in [0.25, 0.3) is 5.69 Å². The number of benzene rings is 1. The molecule has 3 rings (SSSR count). The lowest BCUT2D eigenvalue weighted by atomic mass is 10.0. The Morgan fingerprint density at radius 2 is 1.84 bits per heavy atom. The summed E-state index contributed by atoms with van der Waals surface area (Å²) in [6.45, 7) is 10.4. The van der Waals surface area contributed by atoms with E-state index in [-0.39, 0.29) is 12.7 Å². The first-order valence-electron chi connectivity index (χ1n) is 10.5. The molecule has 0 fully saturated rings. The first-order valence-corrected chi connectivity index (χ1v) is 10.5. The molecule has 0 N–H and O–H groups in total. The smallest absolute Gasteiger partial charge is 0.410 e. The third kappa shape index (κ3) is 5.37. The van der Waals surface area contributed by atoms with Crippen LogP contribution in [0.1, 0.15) is 57.4 Å². The number of rotatable bonds is 5. The number of carbonyl (C=O) groups excluding carboxylic acids is 2. The molecule has 1 aromatic carbocycles. The van der Waals surface area contributed by atoms with Gasteiger partial charge in [0.2, 0.25) is 5.88 Å². The lowest BCUT2D eigenvalue weighted by Crippen LogP contribution is -2.40. The van der Waals surface area contributed by atoms with E-state index < -0.39 is 11.6 Å². The Bertz CT molecular complexity index is 941. The molecule has 1 aromatic heterocycles. The SMILES string of the molecule is COC(=O)COc1nn(-c2ccc(C(C)C)cc2)c2c1CN(C(=O)OC(C)(C)C)CC2. The number of nitrogens with zero attached hydrogens (tertiary/aromatic N) is 3. The van der Waals surface area contributed by atoms with Gasteiger partial charge in [0.25, 0.3) is 0 Å². The normalized spacial score (nSPS) is 13.7. The number of aromatic nitrogens is 2. The molecule has 1 aliphatic heterocycles. The highest BCUT2D eigenvalue weighted by molar-refractivity contribution is 5.71. The maximum Gasteiger partial charge on any atom is 0.410 e. The van der Waals surface area contributed by atoms with Crippen LogP contribution in [0.2, 0.25) is 0 Å². The van der Waals surface area contributed by atoms with E-state index in [2.05, 4.69) is 35.8 Å². The van der Waals surface area contributed by atoms with Crippen molar-refractivity contribution >= 4 is 12.1 Å². The molecule has 1 amide bonds. The Morgan fingerprint density at radius 3 is 2.42 bits per heavy atom. The van der Waals surface area contributed by atoms with Gasteiger partial charge in [0.1, 0.15) is 5.60 Å². The van der Waals surface area contributed by atoms with Gasteiger partial charge in [-0.25, -0.2) is 14.3 Å². The molecule has 0 saturated heterocycles. The molecule has 0 unspecified atom stereocenters. The second-order valence-electron chi connectivity index (χ2n) is 8.91. The van der Waals surface area contributed by atoms with Crippen molar-refractivity contribution in [3.05, 3.63) is 41.1 Å². The average molecular weight is 430 g/mol. The summed E-state index contributed by atoms with van der Waals surface area (Å²) in [4.78, 5) is 25.8. The monoisotopic (exact) mass is 429 g/mol. The van der Waals surface area contributed by atoms with E-state index >= 15 is 0 Å². The molecule has 2 heterocycles. The number of esters is 1. The molecule has 0 spiro atoms. The summed E-state index contributed by atoms with van der Waals surface area (Å²) < 4.78 is 17.7. The maximum atomic E-state index is 12.6. The average Bonchev–Trinajstić information content (AvgIpc) is 3.08. The third-order valence-corrected chi connectivity index (χ3v) is 5.03. The molecule has 0 aliphatic carbocycles. The fourth-order valence-corrected chi connectivity index (χ4v) is 3.39. The van der Waals surface area contributed by atoms with Crippen LogP contribution in [0.3, 0.4) is 0 Å². The molecule has 31 heavy (non-hydrogen) atoms. The highest BCUT2D eigenvalue weighted by Crippen LogP contribution is 2.31. The van der Waals surface area contributed by atoms with E-state index in [9.17, 15) is 9.59 Å². The number of hydrogen-bond donors (Lipinski definition) is 0. The quantitative estimate of drug-likeness (QED) is 0.672. The van der Waals surface area contributed by atoms with Crippen LogP contribution in [0.4, 0.5) is 4.79 Å². The molecular formula is C23H31N3O5. The van der Waals surface area contributed by atoms with Crippen molar-refractivity contribution in [3.63, 3.8) is 0 Å². The van der Waals surface area contributed by atoms with Crippen LogP contribution in [-0.2, 0) is 27.2 Å². The molecule has 2 aromatic rings.